The molecule has 2 aliphatic carbocycles. The highest BCUT2D eigenvalue weighted by Gasteiger charge is 2.61. The zero-order valence-electron chi connectivity index (χ0n) is 29.4. The Kier molecular flexibility index (Phi) is 10.6. The van der Waals surface area contributed by atoms with Crippen LogP contribution in [0.1, 0.15) is 57.6 Å². The molecule has 53 heavy (non-hydrogen) atoms. The fourth-order valence-electron chi connectivity index (χ4n) is 6.46. The fourth-order valence-corrected chi connectivity index (χ4v) is 8.12. The molecule has 3 amide bonds. The lowest BCUT2D eigenvalue weighted by Crippen LogP contribution is -2.55. The number of rotatable bonds is 6. The van der Waals surface area contributed by atoms with Gasteiger partial charge in [-0.15, -0.1) is 11.3 Å². The molecule has 0 unspecified atom stereocenters. The Hall–Kier alpha value is -4.50. The number of halogens is 1. The van der Waals surface area contributed by atoms with Crippen molar-refractivity contribution in [2.24, 2.45) is 11.1 Å². The lowest BCUT2D eigenvalue weighted by Gasteiger charge is -2.29. The van der Waals surface area contributed by atoms with Crippen molar-refractivity contribution in [1.82, 2.24) is 25.1 Å². The number of primary sulfonamides is 1. The Labute approximate surface area is 315 Å². The van der Waals surface area contributed by atoms with Crippen molar-refractivity contribution >= 4 is 61.8 Å². The van der Waals surface area contributed by atoms with Gasteiger partial charge in [0.2, 0.25) is 15.9 Å². The maximum Gasteiger partial charge on any atom is 0.330 e. The van der Waals surface area contributed by atoms with Crippen LogP contribution >= 0.6 is 22.9 Å². The first-order chi connectivity index (χ1) is 25.1. The minimum atomic E-state index is -3.23. The number of thiazole rings is 1. The molecule has 0 radical (unpaired) electrons. The van der Waals surface area contributed by atoms with E-state index in [4.69, 9.17) is 31.2 Å². The molecular weight excluding hydrogens is 746 g/mol. The van der Waals surface area contributed by atoms with Gasteiger partial charge in [-0.2, -0.15) is 5.26 Å². The molecule has 282 valence electrons. The predicted molar refractivity (Wildman–Crippen MR) is 197 cm³/mol. The second kappa shape index (κ2) is 14.7. The summed E-state index contributed by atoms with van der Waals surface area (Å²) in [5.41, 5.74) is -0.320. The normalized spacial score (nSPS) is 25.8. The molecule has 0 bridgehead atoms. The zero-order chi connectivity index (χ0) is 38.3. The van der Waals surface area contributed by atoms with Gasteiger partial charge in [0, 0.05) is 42.8 Å². The van der Waals surface area contributed by atoms with Crippen molar-refractivity contribution in [2.45, 2.75) is 74.3 Å². The molecule has 2 saturated carbocycles. The largest absolute Gasteiger partial charge is 0.495 e. The average Bonchev–Trinajstić information content (AvgIpc) is 3.90. The smallest absolute Gasteiger partial charge is 0.330 e. The van der Waals surface area contributed by atoms with Crippen LogP contribution in [-0.4, -0.2) is 101 Å². The summed E-state index contributed by atoms with van der Waals surface area (Å²) in [7, 11) is -0.0156. The highest BCUT2D eigenvalue weighted by molar-refractivity contribution is 7.90. The second-order valence-corrected chi connectivity index (χ2v) is 17.3. The van der Waals surface area contributed by atoms with Crippen molar-refractivity contribution in [3.63, 3.8) is 0 Å². The first-order valence-corrected chi connectivity index (χ1v) is 19.9. The minimum Gasteiger partial charge on any atom is -0.495 e. The number of aliphatic carboxylic acids is 1. The Morgan fingerprint density at radius 3 is 2.60 bits per heavy atom. The van der Waals surface area contributed by atoms with Gasteiger partial charge < -0.3 is 29.7 Å². The molecule has 4 aliphatic rings. The molecule has 2 aromatic heterocycles. The van der Waals surface area contributed by atoms with E-state index in [0.29, 0.717) is 39.6 Å². The van der Waals surface area contributed by atoms with Gasteiger partial charge in [0.25, 0.3) is 0 Å². The molecule has 4 heterocycles. The number of pyridine rings is 1. The number of allylic oxidation sites excluding steroid dienone is 1. The number of nitrogens with two attached hydrogens (primary N) is 1. The molecule has 3 fully saturated rings. The highest BCUT2D eigenvalue weighted by Crippen LogP contribution is 2.46. The Balaban J connectivity index is 0.000000533. The third-order valence-electron chi connectivity index (χ3n) is 10.2. The van der Waals surface area contributed by atoms with E-state index >= 15 is 0 Å². The molecule has 18 heteroatoms. The van der Waals surface area contributed by atoms with Crippen LogP contribution in [0.15, 0.2) is 35.7 Å². The van der Waals surface area contributed by atoms with Crippen molar-refractivity contribution < 1.29 is 37.4 Å². The van der Waals surface area contributed by atoms with E-state index in [0.717, 1.165) is 32.1 Å². The summed E-state index contributed by atoms with van der Waals surface area (Å²) < 4.78 is 32.4. The highest BCUT2D eigenvalue weighted by atomic mass is 35.5. The number of carboxylic acid groups (broad SMARTS) is 1. The Morgan fingerprint density at radius 1 is 1.23 bits per heavy atom. The number of ether oxygens (including phenoxy) is 2. The Bertz CT molecular complexity index is 2130. The van der Waals surface area contributed by atoms with Crippen molar-refractivity contribution in [3.05, 3.63) is 46.4 Å². The number of hydrogen-bond donors (Lipinski definition) is 3. The molecule has 0 spiro atoms. The van der Waals surface area contributed by atoms with Crippen LogP contribution in [0.2, 0.25) is 5.02 Å². The Morgan fingerprint density at radius 2 is 1.98 bits per heavy atom. The van der Waals surface area contributed by atoms with Crippen LogP contribution in [0.25, 0.3) is 21.6 Å². The topological polar surface area (TPSA) is 218 Å². The monoisotopic (exact) mass is 785 g/mol. The van der Waals surface area contributed by atoms with Gasteiger partial charge in [-0.3, -0.25) is 4.79 Å². The van der Waals surface area contributed by atoms with Crippen LogP contribution in [-0.2, 0) is 19.6 Å². The van der Waals surface area contributed by atoms with Gasteiger partial charge in [0.05, 0.1) is 23.9 Å². The first kappa shape index (κ1) is 38.2. The van der Waals surface area contributed by atoms with Crippen LogP contribution in [0.3, 0.4) is 0 Å². The number of carbonyl (C=O) groups is 3. The predicted octanol–water partition coefficient (Wildman–Crippen LogP) is 4.29. The minimum absolute atomic E-state index is 0.0468. The van der Waals surface area contributed by atoms with E-state index in [-0.39, 0.29) is 41.9 Å². The molecule has 1 aromatic carbocycles. The number of aromatic nitrogens is 2. The van der Waals surface area contributed by atoms with E-state index < -0.39 is 44.5 Å². The van der Waals surface area contributed by atoms with Gasteiger partial charge in [-0.05, 0) is 57.6 Å². The number of carbonyl (C=O) groups excluding carboxylic acids is 2. The number of benzene rings is 1. The summed E-state index contributed by atoms with van der Waals surface area (Å²) in [5, 5.41) is 29.9. The number of carboxylic acids is 1. The van der Waals surface area contributed by atoms with Gasteiger partial charge in [-0.1, -0.05) is 23.8 Å². The molecule has 4 N–H and O–H groups in total. The number of urea groups is 1. The number of likely N-dealkylation sites (N-methyl/N-ethyl adjacent to an activating group) is 1. The van der Waals surface area contributed by atoms with Crippen LogP contribution in [0.5, 0.6) is 11.5 Å². The molecule has 7 rings (SSSR count). The number of nitriles is 1. The number of methoxy groups -OCH3 is 1. The van der Waals surface area contributed by atoms with Crippen molar-refractivity contribution in [3.8, 4) is 28.3 Å². The first-order valence-electron chi connectivity index (χ1n) is 17.1. The quantitative estimate of drug-likeness (QED) is 0.300. The number of nitrogens with one attached hydrogen (secondary N) is 1. The van der Waals surface area contributed by atoms with Crippen molar-refractivity contribution in [2.75, 3.05) is 27.2 Å². The molecule has 1 saturated heterocycles. The summed E-state index contributed by atoms with van der Waals surface area (Å²) in [5.74, 6) is -0.835. The van der Waals surface area contributed by atoms with Crippen LogP contribution in [0, 0.1) is 17.2 Å². The summed E-state index contributed by atoms with van der Waals surface area (Å²) in [4.78, 5) is 51.7. The average molecular weight is 786 g/mol. The van der Waals surface area contributed by atoms with E-state index in [1.54, 1.807) is 42.5 Å². The zero-order valence-corrected chi connectivity index (χ0v) is 31.8. The second-order valence-electron chi connectivity index (χ2n) is 14.0. The number of amides is 3. The molecule has 15 nitrogen and oxygen atoms in total. The van der Waals surface area contributed by atoms with Gasteiger partial charge in [0.1, 0.15) is 51.0 Å². The maximum atomic E-state index is 13.7. The molecule has 2 aliphatic heterocycles. The maximum absolute atomic E-state index is 13.7. The number of fused-ring (bicyclic) bond motifs is 3. The van der Waals surface area contributed by atoms with E-state index in [1.165, 1.54) is 23.3 Å². The standard InChI is InChI=1S/C31H31ClN6O6S.C4H9NO2S/c1-37-10-6-4-3-5-7-17-13-31(17,29(40)41)36-30(42)38-15-19(11-22(38)28(37)39)44-24-12-21(27-34-18(14-33)16-45-27)35-26-20(24)8-9-23(43-2)25(26)32;1-4(2-3-4)8(5,6)7/h5,7-9,12,16-17,19,22H,3-4,6,10-11,13,15H2,1-2H3,(H,36,42)(H,40,41);2-3H2,1H3,(H2,5,6,7)/b7-5-;/t17-,19+,22+,31-;/m1./s1. The van der Waals surface area contributed by atoms with Gasteiger partial charge in [0.15, 0.2) is 5.69 Å². The summed E-state index contributed by atoms with van der Waals surface area (Å²) in [6.07, 6.45) is 7.55. The number of hydrogen-bond acceptors (Lipinski definition) is 11. The van der Waals surface area contributed by atoms with E-state index in [9.17, 15) is 33.2 Å². The third kappa shape index (κ3) is 7.77. The lowest BCUT2D eigenvalue weighted by atomic mass is 10.1. The summed E-state index contributed by atoms with van der Waals surface area (Å²) in [6, 6.07) is 5.71. The van der Waals surface area contributed by atoms with Crippen LogP contribution < -0.4 is 19.9 Å². The molecular formula is C35H40ClN7O8S2. The number of nitrogens with zero attached hydrogens (tertiary/aromatic N) is 5. The van der Waals surface area contributed by atoms with Gasteiger partial charge in [-0.25, -0.2) is 33.1 Å². The van der Waals surface area contributed by atoms with E-state index in [1.807, 2.05) is 18.2 Å². The van der Waals surface area contributed by atoms with Crippen LogP contribution in [0.4, 0.5) is 4.79 Å². The van der Waals surface area contributed by atoms with E-state index in [2.05, 4.69) is 10.3 Å². The van der Waals surface area contributed by atoms with Gasteiger partial charge >= 0.3 is 12.0 Å². The van der Waals surface area contributed by atoms with Crippen molar-refractivity contribution in [1.29, 1.82) is 5.26 Å². The third-order valence-corrected chi connectivity index (χ3v) is 13.2. The molecule has 3 aromatic rings. The fraction of sp³-hybridized carbons (Fsp3) is 0.486. The number of sulfonamides is 1. The summed E-state index contributed by atoms with van der Waals surface area (Å²) >= 11 is 7.92. The summed E-state index contributed by atoms with van der Waals surface area (Å²) in [6.45, 7) is 2.25. The lowest BCUT2D eigenvalue weighted by molar-refractivity contribution is -0.140. The SMILES string of the molecule is CC1(S(N)(=O)=O)CC1.COc1ccc2c(O[C@H]3C[C@H]4C(=O)N(C)CCCC/C=C\[C@@H]5C[C@@]5(C(=O)O)NC(=O)N4C3)cc(-c3nc(C#N)cs3)nc2c1Cl. The molecule has 4 atom stereocenters.